The first-order valence-electron chi connectivity index (χ1n) is 8.49. The Morgan fingerprint density at radius 3 is 2.67 bits per heavy atom. The summed E-state index contributed by atoms with van der Waals surface area (Å²) in [5.74, 6) is 0.556. The summed E-state index contributed by atoms with van der Waals surface area (Å²) >= 11 is 7.47. The molecule has 0 aliphatic heterocycles. The van der Waals surface area contributed by atoms with Crippen molar-refractivity contribution in [3.05, 3.63) is 82.3 Å². The number of carbonyl (C=O) groups is 1. The summed E-state index contributed by atoms with van der Waals surface area (Å²) in [6.07, 6.45) is 1.60. The Morgan fingerprint density at radius 1 is 1.19 bits per heavy atom. The number of fused-ring (bicyclic) bond motifs is 1. The zero-order valence-electron chi connectivity index (χ0n) is 14.9. The molecule has 0 radical (unpaired) electrons. The van der Waals surface area contributed by atoms with Gasteiger partial charge in [-0.05, 0) is 67.4 Å². The summed E-state index contributed by atoms with van der Waals surface area (Å²) in [4.78, 5) is 19.6. The van der Waals surface area contributed by atoms with E-state index in [4.69, 9.17) is 21.0 Å². The molecule has 0 bridgehead atoms. The Morgan fingerprint density at radius 2 is 1.96 bits per heavy atom. The van der Waals surface area contributed by atoms with Crippen molar-refractivity contribution in [2.24, 2.45) is 0 Å². The number of benzene rings is 2. The second-order valence-corrected chi connectivity index (χ2v) is 7.85. The first kappa shape index (κ1) is 17.8. The van der Waals surface area contributed by atoms with Crippen LogP contribution in [-0.2, 0) is 6.54 Å². The van der Waals surface area contributed by atoms with Crippen molar-refractivity contribution >= 4 is 44.2 Å². The molecular weight excluding hydrogens is 380 g/mol. The van der Waals surface area contributed by atoms with E-state index >= 15 is 0 Å². The normalized spacial score (nSPS) is 11.1. The molecule has 136 valence electrons. The monoisotopic (exact) mass is 396 g/mol. The van der Waals surface area contributed by atoms with Crippen LogP contribution >= 0.6 is 22.9 Å². The number of carbonyl (C=O) groups excluding carboxylic acids is 1. The molecule has 0 saturated heterocycles. The molecule has 0 aliphatic rings. The van der Waals surface area contributed by atoms with E-state index in [0.29, 0.717) is 28.0 Å². The van der Waals surface area contributed by atoms with Crippen molar-refractivity contribution in [2.45, 2.75) is 20.4 Å². The lowest BCUT2D eigenvalue weighted by Crippen LogP contribution is -2.30. The van der Waals surface area contributed by atoms with Gasteiger partial charge in [-0.2, -0.15) is 0 Å². The molecule has 0 spiro atoms. The minimum atomic E-state index is -0.142. The Labute approximate surface area is 166 Å². The summed E-state index contributed by atoms with van der Waals surface area (Å²) in [7, 11) is 0. The quantitative estimate of drug-likeness (QED) is 0.424. The van der Waals surface area contributed by atoms with Crippen molar-refractivity contribution < 1.29 is 9.21 Å². The van der Waals surface area contributed by atoms with Gasteiger partial charge in [0.25, 0.3) is 5.91 Å². The maximum atomic E-state index is 13.2. The first-order chi connectivity index (χ1) is 13.0. The molecule has 2 aromatic heterocycles. The predicted octanol–water partition coefficient (Wildman–Crippen LogP) is 6.01. The number of anilines is 1. The third-order valence-electron chi connectivity index (χ3n) is 4.28. The van der Waals surface area contributed by atoms with E-state index in [0.717, 1.165) is 15.8 Å². The standard InChI is InChI=1S/C21H17ClN2O2S/c1-13-10-14(2)19-18(11-13)27-21(23-19)24(12-17-4-3-9-26-17)20(25)15-5-7-16(22)8-6-15/h3-11H,12H2,1-2H3. The van der Waals surface area contributed by atoms with E-state index in [9.17, 15) is 4.79 Å². The average molecular weight is 397 g/mol. The van der Waals surface area contributed by atoms with Crippen LogP contribution in [0.15, 0.2) is 59.2 Å². The molecule has 0 atom stereocenters. The third kappa shape index (κ3) is 3.61. The Hall–Kier alpha value is -2.63. The molecular formula is C21H17ClN2O2S. The smallest absolute Gasteiger partial charge is 0.260 e. The molecule has 4 rings (SSSR count). The molecule has 0 aliphatic carbocycles. The number of hydrogen-bond donors (Lipinski definition) is 0. The van der Waals surface area contributed by atoms with Gasteiger partial charge in [0, 0.05) is 10.6 Å². The highest BCUT2D eigenvalue weighted by Crippen LogP contribution is 2.33. The Kier molecular flexibility index (Phi) is 4.72. The van der Waals surface area contributed by atoms with E-state index in [1.54, 1.807) is 35.4 Å². The molecule has 2 aromatic carbocycles. The van der Waals surface area contributed by atoms with Crippen LogP contribution in [0.3, 0.4) is 0 Å². The van der Waals surface area contributed by atoms with Crippen molar-refractivity contribution in [3.8, 4) is 0 Å². The summed E-state index contributed by atoms with van der Waals surface area (Å²) in [6, 6.07) is 14.7. The number of halogens is 1. The Balaban J connectivity index is 1.79. The van der Waals surface area contributed by atoms with Crippen LogP contribution in [0.2, 0.25) is 5.02 Å². The number of nitrogens with zero attached hydrogens (tertiary/aromatic N) is 2. The maximum Gasteiger partial charge on any atom is 0.260 e. The molecule has 1 amide bonds. The number of hydrogen-bond acceptors (Lipinski definition) is 4. The van der Waals surface area contributed by atoms with Gasteiger partial charge >= 0.3 is 0 Å². The maximum absolute atomic E-state index is 13.2. The number of rotatable bonds is 4. The summed E-state index contributed by atoms with van der Waals surface area (Å²) in [5, 5.41) is 1.24. The van der Waals surface area contributed by atoms with Crippen LogP contribution in [0.4, 0.5) is 5.13 Å². The largest absolute Gasteiger partial charge is 0.467 e. The van der Waals surface area contributed by atoms with E-state index in [2.05, 4.69) is 19.1 Å². The van der Waals surface area contributed by atoms with Gasteiger partial charge in [0.15, 0.2) is 5.13 Å². The Bertz CT molecular complexity index is 1100. The summed E-state index contributed by atoms with van der Waals surface area (Å²) < 4.78 is 6.54. The second-order valence-electron chi connectivity index (χ2n) is 6.40. The van der Waals surface area contributed by atoms with Crippen LogP contribution in [-0.4, -0.2) is 10.9 Å². The van der Waals surface area contributed by atoms with Crippen molar-refractivity contribution in [1.82, 2.24) is 4.98 Å². The van der Waals surface area contributed by atoms with Crippen molar-refractivity contribution in [2.75, 3.05) is 4.90 Å². The van der Waals surface area contributed by atoms with Crippen LogP contribution in [0.25, 0.3) is 10.2 Å². The van der Waals surface area contributed by atoms with Gasteiger partial charge < -0.3 is 4.42 Å². The number of aryl methyl sites for hydroxylation is 2. The molecule has 4 aromatic rings. The topological polar surface area (TPSA) is 46.3 Å². The molecule has 0 N–H and O–H groups in total. The SMILES string of the molecule is Cc1cc(C)c2nc(N(Cc3ccco3)C(=O)c3ccc(Cl)cc3)sc2c1. The van der Waals surface area contributed by atoms with Crippen molar-refractivity contribution in [3.63, 3.8) is 0 Å². The minimum absolute atomic E-state index is 0.142. The van der Waals surface area contributed by atoms with E-state index < -0.39 is 0 Å². The second kappa shape index (κ2) is 7.18. The number of thiazole rings is 1. The zero-order chi connectivity index (χ0) is 19.0. The van der Waals surface area contributed by atoms with Gasteiger partial charge in [0.05, 0.1) is 23.0 Å². The molecule has 0 unspecified atom stereocenters. The zero-order valence-corrected chi connectivity index (χ0v) is 16.5. The van der Waals surface area contributed by atoms with Gasteiger partial charge in [-0.15, -0.1) is 0 Å². The highest BCUT2D eigenvalue weighted by Gasteiger charge is 2.23. The summed E-state index contributed by atoms with van der Waals surface area (Å²) in [5.41, 5.74) is 3.76. The first-order valence-corrected chi connectivity index (χ1v) is 9.68. The third-order valence-corrected chi connectivity index (χ3v) is 5.56. The molecule has 6 heteroatoms. The molecule has 2 heterocycles. The number of aromatic nitrogens is 1. The fourth-order valence-electron chi connectivity index (χ4n) is 3.01. The minimum Gasteiger partial charge on any atom is -0.467 e. The van der Waals surface area contributed by atoms with Gasteiger partial charge in [-0.1, -0.05) is 29.0 Å². The van der Waals surface area contributed by atoms with E-state index in [1.165, 1.54) is 16.9 Å². The van der Waals surface area contributed by atoms with Crippen LogP contribution in [0, 0.1) is 13.8 Å². The van der Waals surface area contributed by atoms with Gasteiger partial charge in [0.1, 0.15) is 5.76 Å². The van der Waals surface area contributed by atoms with Crippen LogP contribution < -0.4 is 4.90 Å². The lowest BCUT2D eigenvalue weighted by Gasteiger charge is -2.18. The van der Waals surface area contributed by atoms with E-state index in [-0.39, 0.29) is 5.91 Å². The highest BCUT2D eigenvalue weighted by atomic mass is 35.5. The fourth-order valence-corrected chi connectivity index (χ4v) is 4.27. The van der Waals surface area contributed by atoms with E-state index in [1.807, 2.05) is 19.1 Å². The van der Waals surface area contributed by atoms with Crippen LogP contribution in [0.1, 0.15) is 27.2 Å². The average Bonchev–Trinajstić information content (AvgIpc) is 3.29. The van der Waals surface area contributed by atoms with Gasteiger partial charge in [0.2, 0.25) is 0 Å². The van der Waals surface area contributed by atoms with Crippen molar-refractivity contribution in [1.29, 1.82) is 0 Å². The lowest BCUT2D eigenvalue weighted by atomic mass is 10.1. The highest BCUT2D eigenvalue weighted by molar-refractivity contribution is 7.22. The molecule has 4 nitrogen and oxygen atoms in total. The fraction of sp³-hybridized carbons (Fsp3) is 0.143. The molecule has 27 heavy (non-hydrogen) atoms. The number of furan rings is 1. The van der Waals surface area contributed by atoms with Crippen LogP contribution in [0.5, 0.6) is 0 Å². The predicted molar refractivity (Wildman–Crippen MR) is 110 cm³/mol. The lowest BCUT2D eigenvalue weighted by molar-refractivity contribution is 0.0983. The summed E-state index contributed by atoms with van der Waals surface area (Å²) in [6.45, 7) is 4.41. The number of amides is 1. The van der Waals surface area contributed by atoms with Gasteiger partial charge in [-0.3, -0.25) is 9.69 Å². The van der Waals surface area contributed by atoms with Gasteiger partial charge in [-0.25, -0.2) is 4.98 Å². The molecule has 0 saturated carbocycles. The molecule has 0 fully saturated rings.